The van der Waals surface area contributed by atoms with E-state index in [1.165, 1.54) is 6.07 Å². The van der Waals surface area contributed by atoms with Crippen LogP contribution in [0.3, 0.4) is 0 Å². The summed E-state index contributed by atoms with van der Waals surface area (Å²) in [6.45, 7) is 1.42. The fourth-order valence-electron chi connectivity index (χ4n) is 2.84. The number of nitrogens with one attached hydrogen (secondary N) is 1. The van der Waals surface area contributed by atoms with Gasteiger partial charge in [0.05, 0.1) is 23.1 Å². The van der Waals surface area contributed by atoms with E-state index in [9.17, 15) is 18.0 Å². The van der Waals surface area contributed by atoms with E-state index in [0.29, 0.717) is 22.2 Å². The van der Waals surface area contributed by atoms with E-state index in [1.807, 2.05) is 19.1 Å². The Kier molecular flexibility index (Phi) is 6.44. The van der Waals surface area contributed by atoms with E-state index >= 15 is 0 Å². The van der Waals surface area contributed by atoms with Gasteiger partial charge in [0.25, 0.3) is 5.91 Å². The van der Waals surface area contributed by atoms with Crippen LogP contribution in [0.2, 0.25) is 5.02 Å². The van der Waals surface area contributed by atoms with Crippen molar-refractivity contribution < 1.29 is 27.5 Å². The number of halogens is 1. The third-order valence-corrected chi connectivity index (χ3v) is 6.38. The second-order valence-electron chi connectivity index (χ2n) is 6.81. The van der Waals surface area contributed by atoms with Gasteiger partial charge in [0, 0.05) is 5.02 Å². The fraction of sp³-hybridized carbons (Fsp3) is 0.300. The lowest BCUT2D eigenvalue weighted by molar-refractivity contribution is -0.150. The van der Waals surface area contributed by atoms with Crippen molar-refractivity contribution in [3.8, 4) is 11.5 Å². The quantitative estimate of drug-likeness (QED) is 0.696. The van der Waals surface area contributed by atoms with Gasteiger partial charge in [-0.05, 0) is 43.7 Å². The Morgan fingerprint density at radius 2 is 1.90 bits per heavy atom. The summed E-state index contributed by atoms with van der Waals surface area (Å²) < 4.78 is 33.7. The first-order valence-corrected chi connectivity index (χ1v) is 11.1. The maximum Gasteiger partial charge on any atom is 0.310 e. The Labute approximate surface area is 173 Å². The van der Waals surface area contributed by atoms with Gasteiger partial charge in [0.1, 0.15) is 5.75 Å². The Hall–Kier alpha value is -2.58. The summed E-state index contributed by atoms with van der Waals surface area (Å²) in [7, 11) is -3.20. The average Bonchev–Trinajstić information content (AvgIpc) is 3.03. The number of anilines is 1. The molecular formula is C20H20ClNO6S. The maximum absolute atomic E-state index is 12.2. The number of carbonyl (C=O) groups is 2. The first kappa shape index (κ1) is 21.1. The number of amides is 1. The molecule has 1 aliphatic rings. The summed E-state index contributed by atoms with van der Waals surface area (Å²) in [6.07, 6.45) is 0.214. The smallest absolute Gasteiger partial charge is 0.310 e. The second kappa shape index (κ2) is 8.84. The molecule has 3 rings (SSSR count). The predicted molar refractivity (Wildman–Crippen MR) is 109 cm³/mol. The molecule has 0 bridgehead atoms. The Bertz CT molecular complexity index is 1020. The number of ether oxygens (including phenoxy) is 2. The van der Waals surface area contributed by atoms with Crippen LogP contribution >= 0.6 is 11.6 Å². The second-order valence-corrected chi connectivity index (χ2v) is 9.48. The van der Waals surface area contributed by atoms with Gasteiger partial charge in [0.2, 0.25) is 0 Å². The molecule has 0 radical (unpaired) electrons. The fourth-order valence-corrected chi connectivity index (χ4v) is 4.74. The van der Waals surface area contributed by atoms with E-state index in [2.05, 4.69) is 5.32 Å². The predicted octanol–water partition coefficient (Wildman–Crippen LogP) is 3.36. The van der Waals surface area contributed by atoms with Gasteiger partial charge in [-0.1, -0.05) is 29.3 Å². The molecule has 1 N–H and O–H groups in total. The molecule has 2 aromatic rings. The third kappa shape index (κ3) is 5.95. The molecule has 0 aliphatic carbocycles. The van der Waals surface area contributed by atoms with Crippen LogP contribution < -0.4 is 10.1 Å². The number of hydrogen-bond acceptors (Lipinski definition) is 6. The Morgan fingerprint density at radius 3 is 2.55 bits per heavy atom. The average molecular weight is 438 g/mol. The van der Waals surface area contributed by atoms with E-state index in [-0.39, 0.29) is 17.9 Å². The molecule has 7 nitrogen and oxygen atoms in total. The molecule has 1 atom stereocenters. The molecule has 1 saturated heterocycles. The van der Waals surface area contributed by atoms with Crippen LogP contribution in [0.25, 0.3) is 0 Å². The van der Waals surface area contributed by atoms with Crippen LogP contribution in [0, 0.1) is 12.8 Å². The normalized spacial score (nSPS) is 17.5. The number of sulfone groups is 1. The van der Waals surface area contributed by atoms with Crippen molar-refractivity contribution in [1.82, 2.24) is 0 Å². The van der Waals surface area contributed by atoms with Gasteiger partial charge in [-0.25, -0.2) is 8.42 Å². The van der Waals surface area contributed by atoms with E-state index in [0.717, 1.165) is 5.56 Å². The number of carbonyl (C=O) groups excluding carboxylic acids is 2. The topological polar surface area (TPSA) is 98.8 Å². The minimum atomic E-state index is -3.20. The standard InChI is InChI=1S/C20H20ClNO6S/c1-13-2-5-16(6-3-13)28-18-7-4-15(21)10-17(18)22-19(23)11-27-20(24)14-8-9-29(25,26)12-14/h2-7,10,14H,8-9,11-12H2,1H3,(H,22,23). The highest BCUT2D eigenvalue weighted by Crippen LogP contribution is 2.32. The van der Waals surface area contributed by atoms with Crippen LogP contribution in [-0.4, -0.2) is 38.4 Å². The van der Waals surface area contributed by atoms with Crippen molar-refractivity contribution in [2.75, 3.05) is 23.4 Å². The molecule has 0 saturated carbocycles. The maximum atomic E-state index is 12.2. The van der Waals surface area contributed by atoms with Crippen molar-refractivity contribution in [1.29, 1.82) is 0 Å². The largest absolute Gasteiger partial charge is 0.455 e. The van der Waals surface area contributed by atoms with Crippen LogP contribution in [0.4, 0.5) is 5.69 Å². The monoisotopic (exact) mass is 437 g/mol. The number of aryl methyl sites for hydroxylation is 1. The van der Waals surface area contributed by atoms with Crippen LogP contribution in [0.1, 0.15) is 12.0 Å². The summed E-state index contributed by atoms with van der Waals surface area (Å²) >= 11 is 6.02. The van der Waals surface area contributed by atoms with Gasteiger partial charge in [-0.3, -0.25) is 9.59 Å². The Balaban J connectivity index is 1.61. The molecule has 1 fully saturated rings. The van der Waals surface area contributed by atoms with E-state index in [4.69, 9.17) is 21.1 Å². The van der Waals surface area contributed by atoms with Gasteiger partial charge < -0.3 is 14.8 Å². The molecule has 1 unspecified atom stereocenters. The van der Waals surface area contributed by atoms with Crippen molar-refractivity contribution in [2.45, 2.75) is 13.3 Å². The van der Waals surface area contributed by atoms with Crippen molar-refractivity contribution in [3.63, 3.8) is 0 Å². The zero-order valence-corrected chi connectivity index (χ0v) is 17.3. The molecule has 1 aliphatic heterocycles. The lowest BCUT2D eigenvalue weighted by Gasteiger charge is -2.14. The highest BCUT2D eigenvalue weighted by Gasteiger charge is 2.34. The molecular weight excluding hydrogens is 418 g/mol. The zero-order chi connectivity index (χ0) is 21.0. The summed E-state index contributed by atoms with van der Waals surface area (Å²) in [5, 5.41) is 2.99. The minimum Gasteiger partial charge on any atom is -0.455 e. The molecule has 29 heavy (non-hydrogen) atoms. The minimum absolute atomic E-state index is 0.0405. The van der Waals surface area contributed by atoms with Crippen molar-refractivity contribution >= 4 is 39.0 Å². The number of hydrogen-bond donors (Lipinski definition) is 1. The van der Waals surface area contributed by atoms with Gasteiger partial charge in [0.15, 0.2) is 22.2 Å². The third-order valence-electron chi connectivity index (χ3n) is 4.38. The first-order valence-electron chi connectivity index (χ1n) is 8.93. The highest BCUT2D eigenvalue weighted by atomic mass is 35.5. The summed E-state index contributed by atoms with van der Waals surface area (Å²) in [5.41, 5.74) is 1.40. The van der Waals surface area contributed by atoms with E-state index < -0.39 is 34.2 Å². The molecule has 2 aromatic carbocycles. The molecule has 1 amide bonds. The number of rotatable bonds is 6. The summed E-state index contributed by atoms with van der Waals surface area (Å²) in [6, 6.07) is 12.2. The van der Waals surface area contributed by atoms with Crippen LogP contribution in [0.5, 0.6) is 11.5 Å². The van der Waals surface area contributed by atoms with Crippen molar-refractivity contribution in [3.05, 3.63) is 53.1 Å². The summed E-state index contributed by atoms with van der Waals surface area (Å²) in [5.74, 6) is -1.32. The van der Waals surface area contributed by atoms with Crippen molar-refractivity contribution in [2.24, 2.45) is 5.92 Å². The summed E-state index contributed by atoms with van der Waals surface area (Å²) in [4.78, 5) is 24.2. The van der Waals surface area contributed by atoms with Crippen LogP contribution in [0.15, 0.2) is 42.5 Å². The lowest BCUT2D eigenvalue weighted by Crippen LogP contribution is -2.25. The first-order chi connectivity index (χ1) is 13.7. The molecule has 0 spiro atoms. The van der Waals surface area contributed by atoms with Gasteiger partial charge >= 0.3 is 5.97 Å². The lowest BCUT2D eigenvalue weighted by atomic mass is 10.1. The number of benzene rings is 2. The SMILES string of the molecule is Cc1ccc(Oc2ccc(Cl)cc2NC(=O)COC(=O)C2CCS(=O)(=O)C2)cc1. The Morgan fingerprint density at radius 1 is 1.17 bits per heavy atom. The van der Waals surface area contributed by atoms with E-state index in [1.54, 1.807) is 24.3 Å². The molecule has 1 heterocycles. The zero-order valence-electron chi connectivity index (χ0n) is 15.7. The molecule has 154 valence electrons. The van der Waals surface area contributed by atoms with Gasteiger partial charge in [-0.2, -0.15) is 0 Å². The number of esters is 1. The molecule has 0 aromatic heterocycles. The van der Waals surface area contributed by atoms with Gasteiger partial charge in [-0.15, -0.1) is 0 Å². The van der Waals surface area contributed by atoms with Crippen LogP contribution in [-0.2, 0) is 24.2 Å². The molecule has 9 heteroatoms. The highest BCUT2D eigenvalue weighted by molar-refractivity contribution is 7.91.